The predicted octanol–water partition coefficient (Wildman–Crippen LogP) is 4.82. The van der Waals surface area contributed by atoms with Gasteiger partial charge in [-0.1, -0.05) is 31.2 Å². The summed E-state index contributed by atoms with van der Waals surface area (Å²) in [4.78, 5) is 41.7. The van der Waals surface area contributed by atoms with Gasteiger partial charge in [0.15, 0.2) is 11.4 Å². The van der Waals surface area contributed by atoms with Crippen molar-refractivity contribution in [1.29, 1.82) is 0 Å². The molecule has 0 aliphatic heterocycles. The van der Waals surface area contributed by atoms with E-state index < -0.39 is 35.5 Å². The fraction of sp³-hybridized carbons (Fsp3) is 0.214. The third-order valence-corrected chi connectivity index (χ3v) is 5.38. The predicted molar refractivity (Wildman–Crippen MR) is 134 cm³/mol. The lowest BCUT2D eigenvalue weighted by atomic mass is 9.97. The Morgan fingerprint density at radius 1 is 0.947 bits per heavy atom. The molecular weight excluding hydrogens is 498 g/mol. The molecule has 3 aromatic rings. The van der Waals surface area contributed by atoms with Crippen LogP contribution < -0.4 is 14.8 Å². The average molecular weight is 525 g/mol. The van der Waals surface area contributed by atoms with Gasteiger partial charge < -0.3 is 19.5 Å². The van der Waals surface area contributed by atoms with E-state index in [-0.39, 0.29) is 29.4 Å². The Labute approximate surface area is 218 Å². The zero-order valence-corrected chi connectivity index (χ0v) is 21.2. The number of amides is 1. The molecule has 3 rings (SSSR count). The number of hydrogen-bond acceptors (Lipinski definition) is 7. The van der Waals surface area contributed by atoms with E-state index in [0.717, 1.165) is 0 Å². The fourth-order valence-electron chi connectivity index (χ4n) is 3.46. The molecule has 0 unspecified atom stereocenters. The summed E-state index contributed by atoms with van der Waals surface area (Å²) in [6, 6.07) is 11.3. The molecule has 1 aromatic heterocycles. The van der Waals surface area contributed by atoms with E-state index >= 15 is 0 Å². The number of halogens is 2. The standard InChI is InChI=1S/C28H26F2N2O6/c1-5-23(33)38-26-22(36-4)14-15-31-25(26)27(34)32-16(2)28(35)37-17(3)24(18-6-10-20(29)11-7-18)19-8-12-21(30)13-9-19/h6-16H,5H2,1-4H3,(H,32,34)/t16-/m0/s1. The van der Waals surface area contributed by atoms with Gasteiger partial charge >= 0.3 is 11.9 Å². The molecule has 1 N–H and O–H groups in total. The molecule has 0 radical (unpaired) electrons. The Balaban J connectivity index is 1.86. The normalized spacial score (nSPS) is 11.2. The molecule has 0 aliphatic carbocycles. The van der Waals surface area contributed by atoms with E-state index in [9.17, 15) is 23.2 Å². The topological polar surface area (TPSA) is 104 Å². The van der Waals surface area contributed by atoms with Crippen LogP contribution in [0.15, 0.2) is 66.6 Å². The quantitative estimate of drug-likeness (QED) is 0.316. The summed E-state index contributed by atoms with van der Waals surface area (Å²) in [7, 11) is 1.34. The number of ether oxygens (including phenoxy) is 3. The van der Waals surface area contributed by atoms with Crippen molar-refractivity contribution in [2.24, 2.45) is 0 Å². The number of aromatic nitrogens is 1. The minimum absolute atomic E-state index is 0.0535. The highest BCUT2D eigenvalue weighted by Crippen LogP contribution is 2.30. The molecule has 10 heteroatoms. The van der Waals surface area contributed by atoms with Gasteiger partial charge in [0.2, 0.25) is 5.75 Å². The molecule has 0 aliphatic rings. The highest BCUT2D eigenvalue weighted by atomic mass is 19.1. The van der Waals surface area contributed by atoms with Crippen LogP contribution in [-0.4, -0.2) is 36.0 Å². The number of nitrogens with zero attached hydrogens (tertiary/aromatic N) is 1. The van der Waals surface area contributed by atoms with Crippen LogP contribution in [0.5, 0.6) is 11.5 Å². The van der Waals surface area contributed by atoms with Crippen LogP contribution in [0.2, 0.25) is 0 Å². The number of nitrogens with one attached hydrogen (secondary N) is 1. The minimum Gasteiger partial charge on any atom is -0.493 e. The van der Waals surface area contributed by atoms with E-state index in [2.05, 4.69) is 10.3 Å². The van der Waals surface area contributed by atoms with Crippen molar-refractivity contribution in [3.8, 4) is 11.5 Å². The molecular formula is C28H26F2N2O6. The Bertz CT molecular complexity index is 1310. The number of rotatable bonds is 9. The van der Waals surface area contributed by atoms with E-state index in [1.807, 2.05) is 0 Å². The van der Waals surface area contributed by atoms with Crippen molar-refractivity contribution in [2.45, 2.75) is 33.2 Å². The molecule has 0 bridgehead atoms. The maximum Gasteiger partial charge on any atom is 0.333 e. The third kappa shape index (κ3) is 6.78. The highest BCUT2D eigenvalue weighted by molar-refractivity contribution is 5.99. The summed E-state index contributed by atoms with van der Waals surface area (Å²) >= 11 is 0. The highest BCUT2D eigenvalue weighted by Gasteiger charge is 2.26. The molecule has 8 nitrogen and oxygen atoms in total. The molecule has 1 amide bonds. The molecule has 1 atom stereocenters. The average Bonchev–Trinajstić information content (AvgIpc) is 2.90. The lowest BCUT2D eigenvalue weighted by Crippen LogP contribution is -2.40. The number of allylic oxidation sites excluding steroid dienone is 1. The number of hydrogen-bond donors (Lipinski definition) is 1. The fourth-order valence-corrected chi connectivity index (χ4v) is 3.46. The smallest absolute Gasteiger partial charge is 0.333 e. The summed E-state index contributed by atoms with van der Waals surface area (Å²) in [6.07, 6.45) is 1.35. The van der Waals surface area contributed by atoms with Crippen molar-refractivity contribution in [3.05, 3.63) is 95.0 Å². The van der Waals surface area contributed by atoms with Gasteiger partial charge in [0.1, 0.15) is 23.4 Å². The molecule has 0 spiro atoms. The molecule has 0 saturated carbocycles. The first kappa shape index (κ1) is 28.0. The van der Waals surface area contributed by atoms with Crippen LogP contribution in [0, 0.1) is 11.6 Å². The first-order chi connectivity index (χ1) is 18.1. The number of carbonyl (C=O) groups is 3. The summed E-state index contributed by atoms with van der Waals surface area (Å²) in [5.41, 5.74) is 1.24. The van der Waals surface area contributed by atoms with Crippen LogP contribution in [0.3, 0.4) is 0 Å². The van der Waals surface area contributed by atoms with E-state index in [1.165, 1.54) is 81.8 Å². The third-order valence-electron chi connectivity index (χ3n) is 5.38. The van der Waals surface area contributed by atoms with Gasteiger partial charge in [0.25, 0.3) is 5.91 Å². The van der Waals surface area contributed by atoms with Crippen LogP contribution in [-0.2, 0) is 14.3 Å². The maximum atomic E-state index is 13.5. The van der Waals surface area contributed by atoms with Gasteiger partial charge in [-0.05, 0) is 49.2 Å². The molecule has 0 saturated heterocycles. The second kappa shape index (κ2) is 12.6. The molecule has 2 aromatic carbocycles. The van der Waals surface area contributed by atoms with Crippen LogP contribution in [0.1, 0.15) is 48.8 Å². The monoisotopic (exact) mass is 524 g/mol. The van der Waals surface area contributed by atoms with Crippen LogP contribution in [0.25, 0.3) is 5.57 Å². The number of methoxy groups -OCH3 is 1. The number of pyridine rings is 1. The van der Waals surface area contributed by atoms with E-state index in [1.54, 1.807) is 6.92 Å². The minimum atomic E-state index is -1.15. The second-order valence-corrected chi connectivity index (χ2v) is 8.08. The Morgan fingerprint density at radius 3 is 2.00 bits per heavy atom. The summed E-state index contributed by atoms with van der Waals surface area (Å²) in [5.74, 6) is -3.03. The van der Waals surface area contributed by atoms with Crippen molar-refractivity contribution >= 4 is 23.4 Å². The largest absolute Gasteiger partial charge is 0.493 e. The van der Waals surface area contributed by atoms with Gasteiger partial charge in [-0.3, -0.25) is 9.59 Å². The Morgan fingerprint density at radius 2 is 1.50 bits per heavy atom. The Kier molecular flexibility index (Phi) is 9.26. The van der Waals surface area contributed by atoms with Crippen molar-refractivity contribution in [1.82, 2.24) is 10.3 Å². The number of benzene rings is 2. The first-order valence-electron chi connectivity index (χ1n) is 11.6. The van der Waals surface area contributed by atoms with Gasteiger partial charge in [0, 0.05) is 24.3 Å². The molecule has 0 fully saturated rings. The van der Waals surface area contributed by atoms with Gasteiger partial charge in [-0.2, -0.15) is 0 Å². The van der Waals surface area contributed by atoms with Gasteiger partial charge in [0.05, 0.1) is 7.11 Å². The van der Waals surface area contributed by atoms with Crippen LogP contribution in [0.4, 0.5) is 8.78 Å². The molecule has 1 heterocycles. The van der Waals surface area contributed by atoms with Gasteiger partial charge in [-0.25, -0.2) is 18.6 Å². The van der Waals surface area contributed by atoms with Crippen molar-refractivity contribution in [3.63, 3.8) is 0 Å². The lowest BCUT2D eigenvalue weighted by Gasteiger charge is -2.18. The number of esters is 2. The van der Waals surface area contributed by atoms with Crippen molar-refractivity contribution < 1.29 is 37.4 Å². The summed E-state index contributed by atoms with van der Waals surface area (Å²) < 4.78 is 43.0. The summed E-state index contributed by atoms with van der Waals surface area (Å²) in [6.45, 7) is 4.52. The Hall–Kier alpha value is -4.60. The zero-order chi connectivity index (χ0) is 27.8. The van der Waals surface area contributed by atoms with Crippen molar-refractivity contribution in [2.75, 3.05) is 7.11 Å². The number of carbonyl (C=O) groups excluding carboxylic acids is 3. The maximum absolute atomic E-state index is 13.5. The van der Waals surface area contributed by atoms with Gasteiger partial charge in [-0.15, -0.1) is 0 Å². The zero-order valence-electron chi connectivity index (χ0n) is 21.2. The van der Waals surface area contributed by atoms with E-state index in [0.29, 0.717) is 16.7 Å². The molecule has 198 valence electrons. The molecule has 38 heavy (non-hydrogen) atoms. The van der Waals surface area contributed by atoms with Crippen LogP contribution >= 0.6 is 0 Å². The summed E-state index contributed by atoms with van der Waals surface area (Å²) in [5, 5.41) is 2.47. The SMILES string of the molecule is CCC(=O)Oc1c(OC)ccnc1C(=O)N[C@@H](C)C(=O)OC(C)=C(c1ccc(F)cc1)c1ccc(F)cc1. The lowest BCUT2D eigenvalue weighted by molar-refractivity contribution is -0.141. The first-order valence-corrected chi connectivity index (χ1v) is 11.6. The second-order valence-electron chi connectivity index (χ2n) is 8.08. The van der Waals surface area contributed by atoms with E-state index in [4.69, 9.17) is 14.2 Å².